The molecule has 2 aromatic carbocycles. The first kappa shape index (κ1) is 24.9. The molecule has 1 aromatic heterocycles. The highest BCUT2D eigenvalue weighted by atomic mass is 35.5. The second-order valence-corrected chi connectivity index (χ2v) is 9.59. The molecule has 1 saturated heterocycles. The van der Waals surface area contributed by atoms with Crippen molar-refractivity contribution in [2.24, 2.45) is 11.8 Å². The van der Waals surface area contributed by atoms with Gasteiger partial charge in [-0.25, -0.2) is 0 Å². The van der Waals surface area contributed by atoms with Gasteiger partial charge in [0.15, 0.2) is 0 Å². The number of anilines is 1. The van der Waals surface area contributed by atoms with E-state index in [2.05, 4.69) is 25.7 Å². The van der Waals surface area contributed by atoms with Crippen LogP contribution in [0.4, 0.5) is 5.69 Å². The molecule has 0 saturated carbocycles. The fourth-order valence-corrected chi connectivity index (χ4v) is 4.25. The van der Waals surface area contributed by atoms with Crippen LogP contribution >= 0.6 is 11.6 Å². The first-order chi connectivity index (χ1) is 16.9. The Morgan fingerprint density at radius 1 is 1.11 bits per heavy atom. The van der Waals surface area contributed by atoms with Crippen molar-refractivity contribution in [3.05, 3.63) is 65.0 Å². The molecule has 184 valence electrons. The van der Waals surface area contributed by atoms with Crippen LogP contribution in [0.2, 0.25) is 5.02 Å². The number of amides is 2. The number of benzene rings is 2. The average molecular weight is 496 g/mol. The van der Waals surface area contributed by atoms with E-state index in [1.165, 1.54) is 0 Å². The number of hydrogen-bond acceptors (Lipinski definition) is 6. The van der Waals surface area contributed by atoms with Gasteiger partial charge < -0.3 is 15.2 Å². The Balaban J connectivity index is 1.30. The first-order valence-corrected chi connectivity index (χ1v) is 12.3. The molecule has 8 nitrogen and oxygen atoms in total. The highest BCUT2D eigenvalue weighted by Crippen LogP contribution is 2.26. The van der Waals surface area contributed by atoms with Gasteiger partial charge in [0.05, 0.1) is 22.8 Å². The fraction of sp³-hybridized carbons (Fsp3) is 0.385. The number of nitrogens with one attached hydrogen (secondary N) is 2. The van der Waals surface area contributed by atoms with Crippen LogP contribution in [0, 0.1) is 11.8 Å². The Kier molecular flexibility index (Phi) is 8.15. The molecule has 0 spiro atoms. The van der Waals surface area contributed by atoms with E-state index < -0.39 is 0 Å². The molecule has 1 aliphatic rings. The van der Waals surface area contributed by atoms with E-state index in [9.17, 15) is 9.59 Å². The SMILES string of the molecule is CC(C)CNC(=O)c1ccccc1NC(=O)C1CCN(Cc2nc(-c3ccccc3Cl)no2)CC1. The van der Waals surface area contributed by atoms with E-state index in [1.807, 2.05) is 38.1 Å². The zero-order valence-electron chi connectivity index (χ0n) is 20.0. The molecule has 9 heteroatoms. The molecular weight excluding hydrogens is 466 g/mol. The highest BCUT2D eigenvalue weighted by Gasteiger charge is 2.27. The molecule has 1 aliphatic heterocycles. The molecule has 4 rings (SSSR count). The van der Waals surface area contributed by atoms with Crippen molar-refractivity contribution in [1.29, 1.82) is 0 Å². The van der Waals surface area contributed by atoms with Crippen molar-refractivity contribution in [2.45, 2.75) is 33.2 Å². The van der Waals surface area contributed by atoms with Gasteiger partial charge in [-0.3, -0.25) is 14.5 Å². The van der Waals surface area contributed by atoms with Gasteiger partial charge in [-0.05, 0) is 56.1 Å². The van der Waals surface area contributed by atoms with Gasteiger partial charge in [-0.1, -0.05) is 54.9 Å². The standard InChI is InChI=1S/C26H30ClN5O3/c1-17(2)15-28-26(34)20-8-4-6-10-22(20)29-25(33)18-11-13-32(14-12-18)16-23-30-24(31-35-23)19-7-3-5-9-21(19)27/h3-10,17-18H,11-16H2,1-2H3,(H,28,34)(H,29,33). The summed E-state index contributed by atoms with van der Waals surface area (Å²) in [4.78, 5) is 32.2. The summed E-state index contributed by atoms with van der Waals surface area (Å²) in [6.07, 6.45) is 1.41. The van der Waals surface area contributed by atoms with Crippen LogP contribution in [0.1, 0.15) is 42.9 Å². The zero-order valence-corrected chi connectivity index (χ0v) is 20.7. The van der Waals surface area contributed by atoms with E-state index >= 15 is 0 Å². The molecule has 35 heavy (non-hydrogen) atoms. The smallest absolute Gasteiger partial charge is 0.253 e. The third-order valence-electron chi connectivity index (χ3n) is 6.00. The van der Waals surface area contributed by atoms with Crippen LogP contribution < -0.4 is 10.6 Å². The molecule has 0 unspecified atom stereocenters. The minimum Gasteiger partial charge on any atom is -0.352 e. The molecule has 2 amide bonds. The topological polar surface area (TPSA) is 100 Å². The average Bonchev–Trinajstić information content (AvgIpc) is 3.31. The summed E-state index contributed by atoms with van der Waals surface area (Å²) < 4.78 is 5.42. The minimum absolute atomic E-state index is 0.0624. The van der Waals surface area contributed by atoms with Crippen LogP contribution in [0.25, 0.3) is 11.4 Å². The number of hydrogen-bond donors (Lipinski definition) is 2. The molecule has 2 N–H and O–H groups in total. The number of halogens is 1. The number of carbonyl (C=O) groups is 2. The van der Waals surface area contributed by atoms with E-state index in [0.29, 0.717) is 59.8 Å². The second-order valence-electron chi connectivity index (χ2n) is 9.18. The summed E-state index contributed by atoms with van der Waals surface area (Å²) in [5, 5.41) is 10.5. The third-order valence-corrected chi connectivity index (χ3v) is 6.33. The Bertz CT molecular complexity index is 1170. The predicted octanol–water partition coefficient (Wildman–Crippen LogP) is 4.63. The van der Waals surface area contributed by atoms with E-state index in [-0.39, 0.29) is 17.7 Å². The predicted molar refractivity (Wildman–Crippen MR) is 135 cm³/mol. The van der Waals surface area contributed by atoms with Gasteiger partial charge in [0.25, 0.3) is 5.91 Å². The molecule has 2 heterocycles. The summed E-state index contributed by atoms with van der Waals surface area (Å²) in [7, 11) is 0. The van der Waals surface area contributed by atoms with Crippen LogP contribution in [0.15, 0.2) is 53.1 Å². The second kappa shape index (κ2) is 11.5. The molecule has 1 fully saturated rings. The quantitative estimate of drug-likeness (QED) is 0.472. The molecule has 0 bridgehead atoms. The Labute approximate surface area is 210 Å². The van der Waals surface area contributed by atoms with Gasteiger partial charge >= 0.3 is 0 Å². The van der Waals surface area contributed by atoms with Gasteiger partial charge in [-0.15, -0.1) is 0 Å². The minimum atomic E-state index is -0.180. The highest BCUT2D eigenvalue weighted by molar-refractivity contribution is 6.33. The molecular formula is C26H30ClN5O3. The molecule has 3 aromatic rings. The lowest BCUT2D eigenvalue weighted by Crippen LogP contribution is -2.38. The lowest BCUT2D eigenvalue weighted by atomic mass is 9.95. The Morgan fingerprint density at radius 2 is 1.83 bits per heavy atom. The lowest BCUT2D eigenvalue weighted by molar-refractivity contribution is -0.121. The van der Waals surface area contributed by atoms with Crippen molar-refractivity contribution in [1.82, 2.24) is 20.4 Å². The van der Waals surface area contributed by atoms with Crippen molar-refractivity contribution in [2.75, 3.05) is 25.0 Å². The number of piperidine rings is 1. The molecule has 0 atom stereocenters. The summed E-state index contributed by atoms with van der Waals surface area (Å²) in [6.45, 7) is 6.65. The number of likely N-dealkylation sites (tertiary alicyclic amines) is 1. The van der Waals surface area contributed by atoms with Gasteiger partial charge in [0.1, 0.15) is 0 Å². The first-order valence-electron chi connectivity index (χ1n) is 11.9. The lowest BCUT2D eigenvalue weighted by Gasteiger charge is -2.30. The molecule has 0 aliphatic carbocycles. The molecule has 0 radical (unpaired) electrons. The maximum absolute atomic E-state index is 13.0. The normalized spacial score (nSPS) is 14.7. The summed E-state index contributed by atoms with van der Waals surface area (Å²) in [6, 6.07) is 14.5. The zero-order chi connectivity index (χ0) is 24.8. The third kappa shape index (κ3) is 6.46. The van der Waals surface area contributed by atoms with Crippen molar-refractivity contribution in [3.63, 3.8) is 0 Å². The van der Waals surface area contributed by atoms with E-state index in [0.717, 1.165) is 18.7 Å². The van der Waals surface area contributed by atoms with Crippen molar-refractivity contribution in [3.8, 4) is 11.4 Å². The Morgan fingerprint density at radius 3 is 2.57 bits per heavy atom. The van der Waals surface area contributed by atoms with Crippen molar-refractivity contribution >= 4 is 29.1 Å². The van der Waals surface area contributed by atoms with Crippen LogP contribution in [0.3, 0.4) is 0 Å². The van der Waals surface area contributed by atoms with Gasteiger partial charge in [-0.2, -0.15) is 4.98 Å². The number of aromatic nitrogens is 2. The van der Waals surface area contributed by atoms with Crippen LogP contribution in [0.5, 0.6) is 0 Å². The van der Waals surface area contributed by atoms with Crippen LogP contribution in [-0.2, 0) is 11.3 Å². The van der Waals surface area contributed by atoms with Crippen LogP contribution in [-0.4, -0.2) is 46.5 Å². The largest absolute Gasteiger partial charge is 0.352 e. The van der Waals surface area contributed by atoms with Gasteiger partial charge in [0, 0.05) is 18.0 Å². The fourth-order valence-electron chi connectivity index (χ4n) is 4.03. The Hall–Kier alpha value is -3.23. The summed E-state index contributed by atoms with van der Waals surface area (Å²) in [5.74, 6) is 0.966. The van der Waals surface area contributed by atoms with Crippen molar-refractivity contribution < 1.29 is 14.1 Å². The van der Waals surface area contributed by atoms with E-state index in [1.54, 1.807) is 24.3 Å². The summed E-state index contributed by atoms with van der Waals surface area (Å²) in [5.41, 5.74) is 1.75. The maximum atomic E-state index is 13.0. The number of nitrogens with zero attached hydrogens (tertiary/aromatic N) is 3. The number of carbonyl (C=O) groups excluding carboxylic acids is 2. The number of rotatable bonds is 8. The number of para-hydroxylation sites is 1. The maximum Gasteiger partial charge on any atom is 0.253 e. The van der Waals surface area contributed by atoms with E-state index in [4.69, 9.17) is 16.1 Å². The summed E-state index contributed by atoms with van der Waals surface area (Å²) >= 11 is 6.23. The van der Waals surface area contributed by atoms with Gasteiger partial charge in [0.2, 0.25) is 17.6 Å². The monoisotopic (exact) mass is 495 g/mol.